The van der Waals surface area contributed by atoms with E-state index < -0.39 is 80.4 Å². The summed E-state index contributed by atoms with van der Waals surface area (Å²) >= 11 is 0. The van der Waals surface area contributed by atoms with E-state index in [1.807, 2.05) is 0 Å². The van der Waals surface area contributed by atoms with Crippen molar-refractivity contribution in [1.82, 2.24) is 0 Å². The molecule has 11 nitrogen and oxygen atoms in total. The van der Waals surface area contributed by atoms with Gasteiger partial charge in [-0.2, -0.15) is 0 Å². The molecule has 0 aromatic carbocycles. The highest BCUT2D eigenvalue weighted by Crippen LogP contribution is 2.34. The Bertz CT molecular complexity index is 406. The zero-order valence-electron chi connectivity index (χ0n) is 13.6. The molecule has 25 heavy (non-hydrogen) atoms. The first-order valence-corrected chi connectivity index (χ1v) is 7.92. The van der Waals surface area contributed by atoms with E-state index >= 15 is 0 Å². The van der Waals surface area contributed by atoms with Crippen LogP contribution >= 0.6 is 0 Å². The largest absolute Gasteiger partial charge is 0.394 e. The normalized spacial score (nSPS) is 49.8. The van der Waals surface area contributed by atoms with Gasteiger partial charge in [0.15, 0.2) is 6.29 Å². The molecule has 0 aliphatic carbocycles. The van der Waals surface area contributed by atoms with Crippen LogP contribution < -0.4 is 0 Å². The van der Waals surface area contributed by atoms with Crippen molar-refractivity contribution in [3.05, 3.63) is 0 Å². The van der Waals surface area contributed by atoms with Crippen LogP contribution in [-0.4, -0.2) is 122 Å². The van der Waals surface area contributed by atoms with E-state index in [2.05, 4.69) is 0 Å². The van der Waals surface area contributed by atoms with E-state index in [1.165, 1.54) is 7.11 Å². The fourth-order valence-electron chi connectivity index (χ4n) is 3.35. The third-order valence-electron chi connectivity index (χ3n) is 4.83. The van der Waals surface area contributed by atoms with Gasteiger partial charge in [0.2, 0.25) is 0 Å². The molecule has 0 radical (unpaired) electrons. The highest BCUT2D eigenvalue weighted by molar-refractivity contribution is 5.01. The van der Waals surface area contributed by atoms with Crippen LogP contribution in [0.25, 0.3) is 0 Å². The van der Waals surface area contributed by atoms with Crippen LogP contribution in [0.3, 0.4) is 0 Å². The molecule has 148 valence electrons. The number of hydrogen-bond acceptors (Lipinski definition) is 11. The lowest BCUT2D eigenvalue weighted by molar-refractivity contribution is -0.312. The maximum atomic E-state index is 10.6. The molecule has 2 aliphatic heterocycles. The average molecular weight is 370 g/mol. The number of hydrogen-bond donors (Lipinski definition) is 8. The van der Waals surface area contributed by atoms with Gasteiger partial charge in [0.25, 0.3) is 0 Å². The van der Waals surface area contributed by atoms with Gasteiger partial charge in [0, 0.05) is 13.0 Å². The molecule has 11 atom stereocenters. The minimum atomic E-state index is -1.75. The Morgan fingerprint density at radius 2 is 1.36 bits per heavy atom. The average Bonchev–Trinajstić information content (AvgIpc) is 2.60. The summed E-state index contributed by atoms with van der Waals surface area (Å²) in [6.07, 6.45) is -15.1. The molecule has 11 heteroatoms. The summed E-state index contributed by atoms with van der Waals surface area (Å²) in [4.78, 5) is 0. The maximum Gasteiger partial charge on any atom is 0.184 e. The van der Waals surface area contributed by atoms with Gasteiger partial charge in [0.1, 0.15) is 42.7 Å². The van der Waals surface area contributed by atoms with Gasteiger partial charge in [-0.3, -0.25) is 0 Å². The molecule has 2 rings (SSSR count). The van der Waals surface area contributed by atoms with Crippen molar-refractivity contribution >= 4 is 0 Å². The van der Waals surface area contributed by atoms with E-state index in [-0.39, 0.29) is 0 Å². The molecule has 0 amide bonds. The van der Waals surface area contributed by atoms with Crippen LogP contribution in [0.4, 0.5) is 0 Å². The van der Waals surface area contributed by atoms with E-state index in [0.29, 0.717) is 0 Å². The van der Waals surface area contributed by atoms with Gasteiger partial charge in [0.05, 0.1) is 25.4 Å². The summed E-state index contributed by atoms with van der Waals surface area (Å²) in [6.45, 7) is -1.31. The summed E-state index contributed by atoms with van der Waals surface area (Å²) in [5, 5.41) is 79.4. The quantitative estimate of drug-likeness (QED) is 0.231. The molecule has 2 aliphatic rings. The minimum absolute atomic E-state index is 0.619. The molecular formula is C14H26O11. The molecule has 0 aromatic heterocycles. The Morgan fingerprint density at radius 1 is 0.800 bits per heavy atom. The zero-order valence-corrected chi connectivity index (χ0v) is 13.6. The predicted octanol–water partition coefficient (Wildman–Crippen LogP) is -5.11. The van der Waals surface area contributed by atoms with E-state index in [9.17, 15) is 40.9 Å². The number of ether oxygens (including phenoxy) is 3. The fraction of sp³-hybridized carbons (Fsp3) is 1.00. The number of methoxy groups -OCH3 is 1. The topological polar surface area (TPSA) is 190 Å². The Kier molecular flexibility index (Phi) is 7.09. The van der Waals surface area contributed by atoms with Crippen LogP contribution in [0, 0.1) is 5.92 Å². The van der Waals surface area contributed by atoms with Gasteiger partial charge in [-0.15, -0.1) is 0 Å². The maximum absolute atomic E-state index is 10.6. The first-order valence-electron chi connectivity index (χ1n) is 7.92. The molecule has 2 saturated heterocycles. The molecule has 0 aromatic rings. The minimum Gasteiger partial charge on any atom is -0.394 e. The standard InChI is InChI=1S/C14H26O11/c1-23-14-10(20)6(7(17)4(2-15)25-14)9(19)13-12(22)11(21)8(18)5(3-16)24-13/h4-22H,2-3H2,1H3. The summed E-state index contributed by atoms with van der Waals surface area (Å²) in [6, 6.07) is 0. The lowest BCUT2D eigenvalue weighted by Crippen LogP contribution is -2.67. The molecule has 2 fully saturated rings. The van der Waals surface area contributed by atoms with Crippen molar-refractivity contribution < 1.29 is 55.1 Å². The second kappa shape index (κ2) is 8.50. The van der Waals surface area contributed by atoms with Crippen molar-refractivity contribution in [2.45, 2.75) is 61.2 Å². The molecule has 2 heterocycles. The highest BCUT2D eigenvalue weighted by atomic mass is 16.7. The Balaban J connectivity index is 2.24. The van der Waals surface area contributed by atoms with Crippen molar-refractivity contribution in [1.29, 1.82) is 0 Å². The van der Waals surface area contributed by atoms with Crippen molar-refractivity contribution in [2.75, 3.05) is 20.3 Å². The molecule has 0 bridgehead atoms. The Morgan fingerprint density at radius 3 is 1.88 bits per heavy atom. The van der Waals surface area contributed by atoms with Crippen LogP contribution in [-0.2, 0) is 14.2 Å². The third kappa shape index (κ3) is 3.82. The van der Waals surface area contributed by atoms with Gasteiger partial charge >= 0.3 is 0 Å². The smallest absolute Gasteiger partial charge is 0.184 e. The van der Waals surface area contributed by atoms with Crippen LogP contribution in [0.5, 0.6) is 0 Å². The highest BCUT2D eigenvalue weighted by Gasteiger charge is 2.54. The summed E-state index contributed by atoms with van der Waals surface area (Å²) in [7, 11) is 1.22. The van der Waals surface area contributed by atoms with Gasteiger partial charge in [-0.1, -0.05) is 0 Å². The Hall–Kier alpha value is -0.440. The molecule has 0 spiro atoms. The van der Waals surface area contributed by atoms with Crippen molar-refractivity contribution in [2.24, 2.45) is 5.92 Å². The van der Waals surface area contributed by atoms with Gasteiger partial charge in [-0.25, -0.2) is 0 Å². The van der Waals surface area contributed by atoms with Crippen LogP contribution in [0.15, 0.2) is 0 Å². The monoisotopic (exact) mass is 370 g/mol. The second-order valence-corrected chi connectivity index (χ2v) is 6.30. The molecule has 11 unspecified atom stereocenters. The predicted molar refractivity (Wildman–Crippen MR) is 78.0 cm³/mol. The second-order valence-electron chi connectivity index (χ2n) is 6.30. The van der Waals surface area contributed by atoms with E-state index in [4.69, 9.17) is 14.2 Å². The number of aliphatic hydroxyl groups is 8. The van der Waals surface area contributed by atoms with Crippen LogP contribution in [0.1, 0.15) is 0 Å². The van der Waals surface area contributed by atoms with E-state index in [1.54, 1.807) is 0 Å². The fourth-order valence-corrected chi connectivity index (χ4v) is 3.35. The number of aliphatic hydroxyl groups excluding tert-OH is 8. The molecule has 0 saturated carbocycles. The molecular weight excluding hydrogens is 344 g/mol. The third-order valence-corrected chi connectivity index (χ3v) is 4.83. The number of rotatable bonds is 5. The van der Waals surface area contributed by atoms with E-state index in [0.717, 1.165) is 0 Å². The SMILES string of the molecule is COC1OC(CO)C(O)C(C(O)C2OC(CO)C(O)C(O)C2O)C1O. The Labute approximate surface area is 143 Å². The first kappa shape index (κ1) is 20.9. The summed E-state index contributed by atoms with van der Waals surface area (Å²) in [5.74, 6) is -1.36. The van der Waals surface area contributed by atoms with Crippen molar-refractivity contribution in [3.8, 4) is 0 Å². The zero-order chi connectivity index (χ0) is 18.9. The first-order chi connectivity index (χ1) is 11.8. The molecule has 8 N–H and O–H groups in total. The van der Waals surface area contributed by atoms with Gasteiger partial charge < -0.3 is 55.1 Å². The lowest BCUT2D eigenvalue weighted by Gasteiger charge is -2.48. The summed E-state index contributed by atoms with van der Waals surface area (Å²) < 4.78 is 15.3. The lowest BCUT2D eigenvalue weighted by atomic mass is 9.79. The van der Waals surface area contributed by atoms with Crippen molar-refractivity contribution in [3.63, 3.8) is 0 Å². The van der Waals surface area contributed by atoms with Gasteiger partial charge in [-0.05, 0) is 0 Å². The van der Waals surface area contributed by atoms with Crippen LogP contribution in [0.2, 0.25) is 0 Å². The summed E-state index contributed by atoms with van der Waals surface area (Å²) in [5.41, 5.74) is 0.